The fourth-order valence-corrected chi connectivity index (χ4v) is 2.65. The predicted molar refractivity (Wildman–Crippen MR) is 78.8 cm³/mol. The summed E-state index contributed by atoms with van der Waals surface area (Å²) in [7, 11) is 0. The molecule has 0 aliphatic carbocycles. The molecule has 0 aliphatic rings. The van der Waals surface area contributed by atoms with Crippen LogP contribution in [0.5, 0.6) is 0 Å². The average Bonchev–Trinajstić information content (AvgIpc) is 2.94. The number of Topliss-reactive ketones (excluding diaryl/α,β-unsaturated/α-hetero) is 1. The number of rotatable bonds is 6. The molecule has 0 fully saturated rings. The van der Waals surface area contributed by atoms with Crippen molar-refractivity contribution in [2.24, 2.45) is 0 Å². The molecule has 4 heteroatoms. The molecule has 0 amide bonds. The third-order valence-corrected chi connectivity index (χ3v) is 3.84. The first-order valence-electron chi connectivity index (χ1n) is 6.54. The van der Waals surface area contributed by atoms with Gasteiger partial charge < -0.3 is 4.90 Å². The molecule has 2 aromatic rings. The maximum absolute atomic E-state index is 12.1. The minimum atomic E-state index is 0.148. The summed E-state index contributed by atoms with van der Waals surface area (Å²) in [5.74, 6) is 0.148. The van der Waals surface area contributed by atoms with Crippen LogP contribution in [0, 0.1) is 0 Å². The Morgan fingerprint density at radius 3 is 2.42 bits per heavy atom. The summed E-state index contributed by atoms with van der Waals surface area (Å²) in [6.07, 6.45) is 1.92. The summed E-state index contributed by atoms with van der Waals surface area (Å²) in [4.78, 5) is 14.4. The van der Waals surface area contributed by atoms with Gasteiger partial charge in [-0.3, -0.25) is 4.79 Å². The molecule has 0 atom stereocenters. The Bertz CT molecular complexity index is 516. The zero-order valence-corrected chi connectivity index (χ0v) is 12.2. The highest BCUT2D eigenvalue weighted by atomic mass is 32.1. The van der Waals surface area contributed by atoms with Crippen molar-refractivity contribution in [2.45, 2.75) is 20.4 Å². The Hall–Kier alpha value is -1.68. The molecule has 0 spiro atoms. The SMILES string of the molecule is CCN(CC)c1ccc(C(=O)C[n+]2ccsc2)cc1. The van der Waals surface area contributed by atoms with Gasteiger partial charge in [-0.1, -0.05) is 11.3 Å². The third kappa shape index (κ3) is 3.41. The predicted octanol–water partition coefficient (Wildman–Crippen LogP) is 2.76. The van der Waals surface area contributed by atoms with Crippen LogP contribution >= 0.6 is 11.3 Å². The standard InChI is InChI=1S/C15H19N2OS/c1-3-17(4-2)14-7-5-13(6-8-14)15(18)11-16-9-10-19-12-16/h5-10,12H,3-4,11H2,1-2H3/q+1. The first-order valence-corrected chi connectivity index (χ1v) is 7.48. The monoisotopic (exact) mass is 275 g/mol. The third-order valence-electron chi connectivity index (χ3n) is 3.17. The second-order valence-corrected chi connectivity index (χ2v) is 5.10. The molecule has 19 heavy (non-hydrogen) atoms. The van der Waals surface area contributed by atoms with Crippen molar-refractivity contribution in [3.8, 4) is 0 Å². The minimum absolute atomic E-state index is 0.148. The van der Waals surface area contributed by atoms with E-state index in [-0.39, 0.29) is 5.78 Å². The van der Waals surface area contributed by atoms with Crippen LogP contribution in [0.25, 0.3) is 0 Å². The molecule has 1 heterocycles. The van der Waals surface area contributed by atoms with E-state index >= 15 is 0 Å². The van der Waals surface area contributed by atoms with Gasteiger partial charge >= 0.3 is 0 Å². The normalized spacial score (nSPS) is 10.4. The topological polar surface area (TPSA) is 24.2 Å². The van der Waals surface area contributed by atoms with Crippen LogP contribution in [-0.4, -0.2) is 18.9 Å². The van der Waals surface area contributed by atoms with Gasteiger partial charge in [-0.25, -0.2) is 0 Å². The second-order valence-electron chi connectivity index (χ2n) is 4.34. The van der Waals surface area contributed by atoms with Crippen LogP contribution in [0.15, 0.2) is 41.4 Å². The number of carbonyl (C=O) groups is 1. The maximum Gasteiger partial charge on any atom is 0.227 e. The summed E-state index contributed by atoms with van der Waals surface area (Å²) < 4.78 is 1.91. The van der Waals surface area contributed by atoms with Gasteiger partial charge in [0.05, 0.1) is 5.38 Å². The Kier molecular flexibility index (Phi) is 4.68. The Morgan fingerprint density at radius 2 is 1.89 bits per heavy atom. The minimum Gasteiger partial charge on any atom is -0.372 e. The first kappa shape index (κ1) is 13.7. The van der Waals surface area contributed by atoms with E-state index in [9.17, 15) is 4.79 Å². The lowest BCUT2D eigenvalue weighted by molar-refractivity contribution is -0.678. The Labute approximate surface area is 118 Å². The van der Waals surface area contributed by atoms with Gasteiger partial charge in [0.2, 0.25) is 17.8 Å². The summed E-state index contributed by atoms with van der Waals surface area (Å²) in [6.45, 7) is 6.64. The number of benzene rings is 1. The molecular formula is C15H19N2OS+. The van der Waals surface area contributed by atoms with Crippen molar-refractivity contribution in [2.75, 3.05) is 18.0 Å². The summed E-state index contributed by atoms with van der Waals surface area (Å²) >= 11 is 1.59. The van der Waals surface area contributed by atoms with Gasteiger partial charge in [0.1, 0.15) is 0 Å². The number of hydrogen-bond donors (Lipinski definition) is 0. The molecule has 1 aromatic carbocycles. The largest absolute Gasteiger partial charge is 0.372 e. The quantitative estimate of drug-likeness (QED) is 0.598. The summed E-state index contributed by atoms with van der Waals surface area (Å²) in [5, 5.41) is 1.97. The van der Waals surface area contributed by atoms with Gasteiger partial charge in [0.15, 0.2) is 6.20 Å². The molecular weight excluding hydrogens is 256 g/mol. The van der Waals surface area contributed by atoms with Crippen LogP contribution < -0.4 is 9.47 Å². The van der Waals surface area contributed by atoms with Crippen LogP contribution in [0.4, 0.5) is 5.69 Å². The highest BCUT2D eigenvalue weighted by Crippen LogP contribution is 2.15. The zero-order chi connectivity index (χ0) is 13.7. The Balaban J connectivity index is 2.07. The van der Waals surface area contributed by atoms with Crippen molar-refractivity contribution in [3.63, 3.8) is 0 Å². The van der Waals surface area contributed by atoms with Crippen molar-refractivity contribution in [3.05, 3.63) is 46.9 Å². The van der Waals surface area contributed by atoms with E-state index in [0.717, 1.165) is 18.7 Å². The van der Waals surface area contributed by atoms with Crippen LogP contribution in [-0.2, 0) is 6.54 Å². The number of ketones is 1. The molecule has 0 radical (unpaired) electrons. The van der Waals surface area contributed by atoms with Crippen LogP contribution in [0.2, 0.25) is 0 Å². The molecule has 0 bridgehead atoms. The van der Waals surface area contributed by atoms with Crippen molar-refractivity contribution in [1.29, 1.82) is 0 Å². The second kappa shape index (κ2) is 6.48. The van der Waals surface area contributed by atoms with Crippen molar-refractivity contribution < 1.29 is 9.36 Å². The highest BCUT2D eigenvalue weighted by Gasteiger charge is 2.12. The van der Waals surface area contributed by atoms with E-state index < -0.39 is 0 Å². The van der Waals surface area contributed by atoms with E-state index in [2.05, 4.69) is 18.7 Å². The molecule has 0 saturated heterocycles. The van der Waals surface area contributed by atoms with Gasteiger partial charge in [-0.15, -0.1) is 0 Å². The van der Waals surface area contributed by atoms with Crippen LogP contribution in [0.3, 0.4) is 0 Å². The lowest BCUT2D eigenvalue weighted by atomic mass is 10.1. The Morgan fingerprint density at radius 1 is 1.21 bits per heavy atom. The first-order chi connectivity index (χ1) is 9.24. The lowest BCUT2D eigenvalue weighted by Crippen LogP contribution is -2.34. The molecule has 3 nitrogen and oxygen atoms in total. The van der Waals surface area contributed by atoms with Gasteiger partial charge in [0.25, 0.3) is 0 Å². The molecule has 2 rings (SSSR count). The lowest BCUT2D eigenvalue weighted by Gasteiger charge is -2.20. The van der Waals surface area contributed by atoms with E-state index in [4.69, 9.17) is 0 Å². The summed E-state index contributed by atoms with van der Waals surface area (Å²) in [5.41, 5.74) is 3.89. The number of aromatic nitrogens is 1. The number of hydrogen-bond acceptors (Lipinski definition) is 3. The van der Waals surface area contributed by atoms with Gasteiger partial charge in [0, 0.05) is 24.3 Å². The van der Waals surface area contributed by atoms with Gasteiger partial charge in [-0.05, 0) is 38.1 Å². The fraction of sp³-hybridized carbons (Fsp3) is 0.333. The zero-order valence-electron chi connectivity index (χ0n) is 11.4. The molecule has 0 N–H and O–H groups in total. The molecule has 0 saturated carbocycles. The highest BCUT2D eigenvalue weighted by molar-refractivity contribution is 7.07. The van der Waals surface area contributed by atoms with E-state index in [1.807, 2.05) is 45.9 Å². The van der Waals surface area contributed by atoms with E-state index in [1.165, 1.54) is 5.69 Å². The number of carbonyl (C=O) groups excluding carboxylic acids is 1. The molecule has 100 valence electrons. The average molecular weight is 275 g/mol. The molecule has 1 aromatic heterocycles. The van der Waals surface area contributed by atoms with Crippen LogP contribution in [0.1, 0.15) is 24.2 Å². The number of anilines is 1. The number of nitrogens with zero attached hydrogens (tertiary/aromatic N) is 2. The van der Waals surface area contributed by atoms with E-state index in [1.54, 1.807) is 11.3 Å². The van der Waals surface area contributed by atoms with Crippen molar-refractivity contribution >= 4 is 22.8 Å². The molecule has 0 unspecified atom stereocenters. The van der Waals surface area contributed by atoms with Gasteiger partial charge in [-0.2, -0.15) is 4.57 Å². The smallest absolute Gasteiger partial charge is 0.227 e. The summed E-state index contributed by atoms with van der Waals surface area (Å²) in [6, 6.07) is 7.89. The maximum atomic E-state index is 12.1. The van der Waals surface area contributed by atoms with E-state index in [0.29, 0.717) is 6.54 Å². The fourth-order valence-electron chi connectivity index (χ4n) is 2.06. The molecule has 0 aliphatic heterocycles. The van der Waals surface area contributed by atoms with Crippen molar-refractivity contribution in [1.82, 2.24) is 0 Å². The number of thiazole rings is 1.